The van der Waals surface area contributed by atoms with Crippen molar-refractivity contribution in [2.24, 2.45) is 0 Å². The van der Waals surface area contributed by atoms with Gasteiger partial charge in [-0.2, -0.15) is 4.98 Å². The van der Waals surface area contributed by atoms with Crippen molar-refractivity contribution < 1.29 is 4.74 Å². The van der Waals surface area contributed by atoms with Gasteiger partial charge < -0.3 is 10.1 Å². The van der Waals surface area contributed by atoms with E-state index in [4.69, 9.17) is 4.74 Å². The highest BCUT2D eigenvalue weighted by Gasteiger charge is 2.16. The van der Waals surface area contributed by atoms with Crippen LogP contribution >= 0.6 is 0 Å². The number of rotatable bonds is 5. The average molecular weight is 250 g/mol. The summed E-state index contributed by atoms with van der Waals surface area (Å²) in [4.78, 5) is 11.0. The average Bonchev–Trinajstić information content (AvgIpc) is 2.46. The largest absolute Gasteiger partial charge is 0.481 e. The number of hydrogen-bond donors (Lipinski definition) is 1. The maximum atomic E-state index is 5.08. The summed E-state index contributed by atoms with van der Waals surface area (Å²) in [7, 11) is 1.61. The zero-order valence-corrected chi connectivity index (χ0v) is 11.2. The molecule has 0 spiro atoms. The maximum absolute atomic E-state index is 5.08. The molecule has 0 radical (unpaired) electrons. The summed E-state index contributed by atoms with van der Waals surface area (Å²) in [5.74, 6) is 1.23. The van der Waals surface area contributed by atoms with Crippen molar-refractivity contribution in [2.45, 2.75) is 32.2 Å². The van der Waals surface area contributed by atoms with Crippen molar-refractivity contribution in [1.29, 1.82) is 0 Å². The zero-order chi connectivity index (χ0) is 12.8. The third-order valence-corrected chi connectivity index (χ3v) is 3.41. The van der Waals surface area contributed by atoms with Crippen LogP contribution in [0.3, 0.4) is 0 Å². The number of nitrogens with one attached hydrogen (secondary N) is 1. The van der Waals surface area contributed by atoms with E-state index in [-0.39, 0.29) is 0 Å². The number of piperidine rings is 1. The lowest BCUT2D eigenvalue weighted by atomic mass is 10.1. The molecule has 1 fully saturated rings. The second-order valence-electron chi connectivity index (χ2n) is 4.75. The minimum atomic E-state index is 0.514. The van der Waals surface area contributed by atoms with Gasteiger partial charge in [-0.15, -0.1) is 0 Å². The Bertz CT molecular complexity index is 366. The summed E-state index contributed by atoms with van der Waals surface area (Å²) in [6, 6.07) is 2.26. The van der Waals surface area contributed by atoms with Crippen molar-refractivity contribution in [3.8, 4) is 5.88 Å². The van der Waals surface area contributed by atoms with Crippen molar-refractivity contribution in [3.05, 3.63) is 12.3 Å². The lowest BCUT2D eigenvalue weighted by molar-refractivity contribution is 0.180. The van der Waals surface area contributed by atoms with E-state index >= 15 is 0 Å². The minimum Gasteiger partial charge on any atom is -0.481 e. The summed E-state index contributed by atoms with van der Waals surface area (Å²) in [6.07, 6.45) is 5.72. The molecule has 100 valence electrons. The van der Waals surface area contributed by atoms with Crippen LogP contribution in [0.4, 0.5) is 5.95 Å². The highest BCUT2D eigenvalue weighted by atomic mass is 16.5. The Hall–Kier alpha value is -1.36. The molecule has 2 rings (SSSR count). The number of methoxy groups -OCH3 is 1. The molecule has 1 unspecified atom stereocenters. The SMILES string of the molecule is COc1ccnc(NCC(C)N2CCCCC2)n1. The lowest BCUT2D eigenvalue weighted by Crippen LogP contribution is -2.41. The third-order valence-electron chi connectivity index (χ3n) is 3.41. The van der Waals surface area contributed by atoms with Crippen molar-refractivity contribution >= 4 is 5.95 Å². The van der Waals surface area contributed by atoms with Crippen LogP contribution in [0.2, 0.25) is 0 Å². The first kappa shape index (κ1) is 13.1. The molecule has 5 nitrogen and oxygen atoms in total. The third kappa shape index (κ3) is 3.57. The number of ether oxygens (including phenoxy) is 1. The molecule has 5 heteroatoms. The standard InChI is InChI=1S/C13H22N4O/c1-11(17-8-4-3-5-9-17)10-15-13-14-7-6-12(16-13)18-2/h6-7,11H,3-5,8-10H2,1-2H3,(H,14,15,16). The van der Waals surface area contributed by atoms with E-state index in [1.807, 2.05) is 0 Å². The number of aromatic nitrogens is 2. The fourth-order valence-corrected chi connectivity index (χ4v) is 2.27. The Morgan fingerprint density at radius 3 is 2.89 bits per heavy atom. The normalized spacial score (nSPS) is 18.3. The van der Waals surface area contributed by atoms with E-state index in [0.29, 0.717) is 17.9 Å². The fourth-order valence-electron chi connectivity index (χ4n) is 2.27. The van der Waals surface area contributed by atoms with Crippen molar-refractivity contribution in [3.63, 3.8) is 0 Å². The quantitative estimate of drug-likeness (QED) is 0.863. The van der Waals surface area contributed by atoms with Gasteiger partial charge in [0.2, 0.25) is 11.8 Å². The van der Waals surface area contributed by atoms with E-state index in [9.17, 15) is 0 Å². The number of likely N-dealkylation sites (tertiary alicyclic amines) is 1. The van der Waals surface area contributed by atoms with E-state index in [1.165, 1.54) is 32.4 Å². The van der Waals surface area contributed by atoms with Gasteiger partial charge in [0, 0.05) is 24.8 Å². The predicted octanol–water partition coefficient (Wildman–Crippen LogP) is 1.77. The Balaban J connectivity index is 1.82. The fraction of sp³-hybridized carbons (Fsp3) is 0.692. The first-order valence-electron chi connectivity index (χ1n) is 6.64. The van der Waals surface area contributed by atoms with Gasteiger partial charge in [-0.3, -0.25) is 4.90 Å². The van der Waals surface area contributed by atoms with Crippen LogP contribution in [0.15, 0.2) is 12.3 Å². The molecule has 0 aromatic carbocycles. The van der Waals surface area contributed by atoms with Crippen LogP contribution in [-0.4, -0.2) is 47.7 Å². The Kier molecular flexibility index (Phi) is 4.75. The Labute approximate surface area is 109 Å². The summed E-state index contributed by atoms with van der Waals surface area (Å²) in [5, 5.41) is 3.27. The summed E-state index contributed by atoms with van der Waals surface area (Å²) >= 11 is 0. The second kappa shape index (κ2) is 6.54. The molecule has 0 amide bonds. The molecule has 1 N–H and O–H groups in total. The molecule has 18 heavy (non-hydrogen) atoms. The van der Waals surface area contributed by atoms with Gasteiger partial charge in [-0.05, 0) is 32.9 Å². The molecule has 0 bridgehead atoms. The van der Waals surface area contributed by atoms with E-state index in [2.05, 4.69) is 27.1 Å². The van der Waals surface area contributed by atoms with E-state index in [0.717, 1.165) is 6.54 Å². The lowest BCUT2D eigenvalue weighted by Gasteiger charge is -2.32. The summed E-state index contributed by atoms with van der Waals surface area (Å²) in [5.41, 5.74) is 0. The van der Waals surface area contributed by atoms with Gasteiger partial charge in [0.15, 0.2) is 0 Å². The van der Waals surface area contributed by atoms with Gasteiger partial charge in [-0.25, -0.2) is 4.98 Å². The highest BCUT2D eigenvalue weighted by Crippen LogP contribution is 2.13. The van der Waals surface area contributed by atoms with Gasteiger partial charge in [-0.1, -0.05) is 6.42 Å². The van der Waals surface area contributed by atoms with Crippen molar-refractivity contribution in [1.82, 2.24) is 14.9 Å². The molecular weight excluding hydrogens is 228 g/mol. The molecule has 0 aliphatic carbocycles. The maximum Gasteiger partial charge on any atom is 0.225 e. The van der Waals surface area contributed by atoms with Gasteiger partial charge >= 0.3 is 0 Å². The van der Waals surface area contributed by atoms with Crippen LogP contribution in [0.25, 0.3) is 0 Å². The molecule has 2 heterocycles. The first-order chi connectivity index (χ1) is 8.79. The van der Waals surface area contributed by atoms with Gasteiger partial charge in [0.25, 0.3) is 0 Å². The predicted molar refractivity (Wildman–Crippen MR) is 72.0 cm³/mol. The first-order valence-corrected chi connectivity index (χ1v) is 6.64. The molecule has 0 saturated carbocycles. The minimum absolute atomic E-state index is 0.514. The number of nitrogens with zero attached hydrogens (tertiary/aromatic N) is 3. The number of anilines is 1. The smallest absolute Gasteiger partial charge is 0.225 e. The van der Waals surface area contributed by atoms with E-state index in [1.54, 1.807) is 19.4 Å². The molecule has 1 aromatic heterocycles. The number of hydrogen-bond acceptors (Lipinski definition) is 5. The Morgan fingerprint density at radius 2 is 2.17 bits per heavy atom. The monoisotopic (exact) mass is 250 g/mol. The topological polar surface area (TPSA) is 50.3 Å². The van der Waals surface area contributed by atoms with E-state index < -0.39 is 0 Å². The molecule has 1 aliphatic rings. The van der Waals surface area contributed by atoms with Gasteiger partial charge in [0.1, 0.15) is 0 Å². The summed E-state index contributed by atoms with van der Waals surface area (Å²) < 4.78 is 5.08. The van der Waals surface area contributed by atoms with Crippen LogP contribution in [-0.2, 0) is 0 Å². The highest BCUT2D eigenvalue weighted by molar-refractivity contribution is 5.27. The van der Waals surface area contributed by atoms with Gasteiger partial charge in [0.05, 0.1) is 7.11 Å². The second-order valence-corrected chi connectivity index (χ2v) is 4.75. The van der Waals surface area contributed by atoms with Crippen molar-refractivity contribution in [2.75, 3.05) is 32.1 Å². The van der Waals surface area contributed by atoms with Crippen LogP contribution in [0.5, 0.6) is 5.88 Å². The molecular formula is C13H22N4O. The molecule has 1 aromatic rings. The van der Waals surface area contributed by atoms with Crippen LogP contribution in [0, 0.1) is 0 Å². The van der Waals surface area contributed by atoms with Crippen LogP contribution < -0.4 is 10.1 Å². The molecule has 1 saturated heterocycles. The zero-order valence-electron chi connectivity index (χ0n) is 11.2. The van der Waals surface area contributed by atoms with Crippen LogP contribution in [0.1, 0.15) is 26.2 Å². The molecule has 1 atom stereocenters. The molecule has 1 aliphatic heterocycles. The summed E-state index contributed by atoms with van der Waals surface area (Å²) in [6.45, 7) is 5.54. The Morgan fingerprint density at radius 1 is 1.39 bits per heavy atom.